The Morgan fingerprint density at radius 3 is 2.67 bits per heavy atom. The zero-order chi connectivity index (χ0) is 19.7. The quantitative estimate of drug-likeness (QED) is 0.881. The van der Waals surface area contributed by atoms with Gasteiger partial charge < -0.3 is 19.9 Å². The summed E-state index contributed by atoms with van der Waals surface area (Å²) in [5, 5.41) is 2.93. The Labute approximate surface area is 161 Å². The predicted molar refractivity (Wildman–Crippen MR) is 106 cm³/mol. The van der Waals surface area contributed by atoms with E-state index in [1.807, 2.05) is 29.2 Å². The second-order valence-electron chi connectivity index (χ2n) is 8.97. The fourth-order valence-corrected chi connectivity index (χ4v) is 4.24. The number of nitrogens with zero attached hydrogens (tertiary/aromatic N) is 2. The fourth-order valence-electron chi connectivity index (χ4n) is 4.24. The van der Waals surface area contributed by atoms with Crippen molar-refractivity contribution in [3.05, 3.63) is 24.3 Å². The maximum atomic E-state index is 13.2. The highest BCUT2D eigenvalue weighted by Gasteiger charge is 2.49. The zero-order valence-electron chi connectivity index (χ0n) is 16.9. The van der Waals surface area contributed by atoms with E-state index < -0.39 is 5.41 Å². The number of benzene rings is 1. The zero-order valence-corrected chi connectivity index (χ0v) is 16.9. The Morgan fingerprint density at radius 1 is 1.22 bits per heavy atom. The fraction of sp³-hybridized carbons (Fsp3) is 0.619. The first-order valence-electron chi connectivity index (χ1n) is 9.72. The first kappa shape index (κ1) is 19.5. The van der Waals surface area contributed by atoms with Gasteiger partial charge in [-0.25, -0.2) is 4.79 Å². The number of likely N-dealkylation sites (tertiary alicyclic amines) is 2. The molecule has 6 nitrogen and oxygen atoms in total. The van der Waals surface area contributed by atoms with Crippen LogP contribution in [0.5, 0.6) is 5.75 Å². The van der Waals surface area contributed by atoms with Gasteiger partial charge in [-0.3, -0.25) is 4.79 Å². The van der Waals surface area contributed by atoms with E-state index in [9.17, 15) is 9.59 Å². The molecule has 1 atom stereocenters. The lowest BCUT2D eigenvalue weighted by Crippen LogP contribution is -2.52. The molecule has 0 saturated carbocycles. The Balaban J connectivity index is 1.68. The molecule has 0 bridgehead atoms. The maximum absolute atomic E-state index is 13.2. The molecule has 2 saturated heterocycles. The molecule has 1 aromatic carbocycles. The number of urea groups is 1. The Bertz CT molecular complexity index is 713. The summed E-state index contributed by atoms with van der Waals surface area (Å²) in [6.45, 7) is 9.16. The molecule has 2 fully saturated rings. The normalized spacial score (nSPS) is 23.0. The molecule has 2 aliphatic rings. The number of carbonyl (C=O) groups is 2. The molecule has 2 aliphatic heterocycles. The van der Waals surface area contributed by atoms with Gasteiger partial charge in [0.1, 0.15) is 5.75 Å². The number of hydrogen-bond donors (Lipinski definition) is 1. The number of carbonyl (C=O) groups excluding carboxylic acids is 2. The smallest absolute Gasteiger partial charge is 0.321 e. The molecule has 27 heavy (non-hydrogen) atoms. The molecular formula is C21H31N3O3. The highest BCUT2D eigenvalue weighted by atomic mass is 16.5. The SMILES string of the molecule is COc1ccccc1NC(=O)N1CCC2(CCCN(CC(C)(C)C)C2=O)C1. The summed E-state index contributed by atoms with van der Waals surface area (Å²) in [5.74, 6) is 0.848. The van der Waals surface area contributed by atoms with Gasteiger partial charge in [0.2, 0.25) is 5.91 Å². The molecule has 1 N–H and O–H groups in total. The average Bonchev–Trinajstić information content (AvgIpc) is 3.04. The van der Waals surface area contributed by atoms with Gasteiger partial charge in [0.15, 0.2) is 0 Å². The van der Waals surface area contributed by atoms with Crippen LogP contribution >= 0.6 is 0 Å². The van der Waals surface area contributed by atoms with E-state index in [1.165, 1.54) is 0 Å². The Hall–Kier alpha value is -2.24. The largest absolute Gasteiger partial charge is 0.495 e. The minimum absolute atomic E-state index is 0.0771. The number of ether oxygens (including phenoxy) is 1. The first-order chi connectivity index (χ1) is 12.7. The predicted octanol–water partition coefficient (Wildman–Crippen LogP) is 3.59. The monoisotopic (exact) mass is 373 g/mol. The number of anilines is 1. The first-order valence-corrected chi connectivity index (χ1v) is 9.72. The van der Waals surface area contributed by atoms with Gasteiger partial charge in [-0.15, -0.1) is 0 Å². The molecule has 1 aromatic rings. The molecule has 3 rings (SSSR count). The van der Waals surface area contributed by atoms with E-state index in [-0.39, 0.29) is 17.4 Å². The number of nitrogens with one attached hydrogen (secondary N) is 1. The van der Waals surface area contributed by atoms with Crippen LogP contribution in [0, 0.1) is 10.8 Å². The van der Waals surface area contributed by atoms with Crippen molar-refractivity contribution in [1.82, 2.24) is 9.80 Å². The number of methoxy groups -OCH3 is 1. The summed E-state index contributed by atoms with van der Waals surface area (Å²) < 4.78 is 5.30. The van der Waals surface area contributed by atoms with E-state index in [0.29, 0.717) is 24.5 Å². The summed E-state index contributed by atoms with van der Waals surface area (Å²) in [7, 11) is 1.58. The third-order valence-corrected chi connectivity index (χ3v) is 5.48. The van der Waals surface area contributed by atoms with Crippen molar-refractivity contribution in [1.29, 1.82) is 0 Å². The summed E-state index contributed by atoms with van der Waals surface area (Å²) in [6.07, 6.45) is 2.61. The molecule has 3 amide bonds. The van der Waals surface area contributed by atoms with E-state index >= 15 is 0 Å². The lowest BCUT2D eigenvalue weighted by atomic mass is 9.77. The number of para-hydroxylation sites is 2. The summed E-state index contributed by atoms with van der Waals surface area (Å²) >= 11 is 0. The molecule has 148 valence electrons. The second-order valence-corrected chi connectivity index (χ2v) is 8.97. The molecule has 0 radical (unpaired) electrons. The molecular weight excluding hydrogens is 342 g/mol. The van der Waals surface area contributed by atoms with Crippen molar-refractivity contribution in [2.45, 2.75) is 40.0 Å². The van der Waals surface area contributed by atoms with Crippen molar-refractivity contribution < 1.29 is 14.3 Å². The lowest BCUT2D eigenvalue weighted by molar-refractivity contribution is -0.146. The number of amides is 3. The highest BCUT2D eigenvalue weighted by Crippen LogP contribution is 2.41. The molecule has 2 heterocycles. The standard InChI is InChI=1S/C21H31N3O3/c1-20(2,3)14-23-12-7-10-21(18(23)25)11-13-24(15-21)19(26)22-16-8-5-6-9-17(16)27-4/h5-6,8-9H,7,10-15H2,1-4H3,(H,22,26). The van der Waals surface area contributed by atoms with Crippen LogP contribution in [0.1, 0.15) is 40.0 Å². The van der Waals surface area contributed by atoms with Crippen LogP contribution in [0.4, 0.5) is 10.5 Å². The van der Waals surface area contributed by atoms with Crippen molar-refractivity contribution in [2.24, 2.45) is 10.8 Å². The molecule has 1 spiro atoms. The van der Waals surface area contributed by atoms with Crippen molar-refractivity contribution in [2.75, 3.05) is 38.6 Å². The molecule has 6 heteroatoms. The van der Waals surface area contributed by atoms with Crippen LogP contribution < -0.4 is 10.1 Å². The summed E-state index contributed by atoms with van der Waals surface area (Å²) in [5.41, 5.74) is 0.310. The van der Waals surface area contributed by atoms with Gasteiger partial charge in [-0.05, 0) is 36.8 Å². The number of piperidine rings is 1. The van der Waals surface area contributed by atoms with Crippen LogP contribution in [-0.2, 0) is 4.79 Å². The minimum atomic E-state index is -0.415. The van der Waals surface area contributed by atoms with Crippen molar-refractivity contribution in [3.8, 4) is 5.75 Å². The van der Waals surface area contributed by atoms with Gasteiger partial charge >= 0.3 is 6.03 Å². The van der Waals surface area contributed by atoms with Gasteiger partial charge in [-0.1, -0.05) is 32.9 Å². The van der Waals surface area contributed by atoms with E-state index in [0.717, 1.165) is 32.4 Å². The minimum Gasteiger partial charge on any atom is -0.495 e. The number of rotatable bonds is 3. The van der Waals surface area contributed by atoms with Gasteiger partial charge in [0, 0.05) is 26.2 Å². The van der Waals surface area contributed by atoms with Crippen molar-refractivity contribution >= 4 is 17.6 Å². The topological polar surface area (TPSA) is 61.9 Å². The Morgan fingerprint density at radius 2 is 1.96 bits per heavy atom. The lowest BCUT2D eigenvalue weighted by Gasteiger charge is -2.41. The van der Waals surface area contributed by atoms with E-state index in [1.54, 1.807) is 12.0 Å². The van der Waals surface area contributed by atoms with E-state index in [4.69, 9.17) is 4.74 Å². The second kappa shape index (κ2) is 7.41. The maximum Gasteiger partial charge on any atom is 0.321 e. The van der Waals surface area contributed by atoms with Gasteiger partial charge in [0.25, 0.3) is 0 Å². The van der Waals surface area contributed by atoms with Gasteiger partial charge in [-0.2, -0.15) is 0 Å². The van der Waals surface area contributed by atoms with Crippen molar-refractivity contribution in [3.63, 3.8) is 0 Å². The van der Waals surface area contributed by atoms with Crippen LogP contribution in [0.3, 0.4) is 0 Å². The molecule has 0 aliphatic carbocycles. The Kier molecular flexibility index (Phi) is 5.36. The van der Waals surface area contributed by atoms with Crippen LogP contribution in [-0.4, -0.2) is 55.0 Å². The summed E-state index contributed by atoms with van der Waals surface area (Å²) in [4.78, 5) is 29.7. The molecule has 1 unspecified atom stereocenters. The third-order valence-electron chi connectivity index (χ3n) is 5.48. The average molecular weight is 373 g/mol. The van der Waals surface area contributed by atoms with Crippen LogP contribution in [0.25, 0.3) is 0 Å². The van der Waals surface area contributed by atoms with E-state index in [2.05, 4.69) is 26.1 Å². The van der Waals surface area contributed by atoms with Gasteiger partial charge in [0.05, 0.1) is 18.2 Å². The van der Waals surface area contributed by atoms with Crippen LogP contribution in [0.2, 0.25) is 0 Å². The van der Waals surface area contributed by atoms with Crippen LogP contribution in [0.15, 0.2) is 24.3 Å². The highest BCUT2D eigenvalue weighted by molar-refractivity contribution is 5.92. The number of hydrogen-bond acceptors (Lipinski definition) is 3. The molecule has 0 aromatic heterocycles. The third kappa shape index (κ3) is 4.20. The summed E-state index contributed by atoms with van der Waals surface area (Å²) in [6, 6.07) is 7.19.